The Kier molecular flexibility index (Phi) is 7.25. The minimum absolute atomic E-state index is 0.144. The molecule has 0 bridgehead atoms. The molecule has 0 aliphatic rings. The van der Waals surface area contributed by atoms with Gasteiger partial charge in [-0.2, -0.15) is 5.10 Å². The zero-order valence-corrected chi connectivity index (χ0v) is 13.2. The van der Waals surface area contributed by atoms with Gasteiger partial charge in [-0.15, -0.1) is 6.58 Å². The van der Waals surface area contributed by atoms with Gasteiger partial charge in [0, 0.05) is 12.1 Å². The van der Waals surface area contributed by atoms with Crippen LogP contribution in [0.5, 0.6) is 11.5 Å². The van der Waals surface area contributed by atoms with Crippen LogP contribution >= 0.6 is 12.2 Å². The summed E-state index contributed by atoms with van der Waals surface area (Å²) < 4.78 is 5.43. The monoisotopic (exact) mass is 307 g/mol. The van der Waals surface area contributed by atoms with Gasteiger partial charge >= 0.3 is 0 Å². The van der Waals surface area contributed by atoms with E-state index in [1.54, 1.807) is 18.4 Å². The first-order valence-electron chi connectivity index (χ1n) is 6.78. The highest BCUT2D eigenvalue weighted by Crippen LogP contribution is 2.31. The van der Waals surface area contributed by atoms with Crippen molar-refractivity contribution < 1.29 is 9.84 Å². The molecular formula is C15H21N3O2S. The van der Waals surface area contributed by atoms with Crippen molar-refractivity contribution in [1.29, 1.82) is 0 Å². The molecule has 0 aromatic heterocycles. The average Bonchev–Trinajstić information content (AvgIpc) is 2.44. The van der Waals surface area contributed by atoms with Gasteiger partial charge in [-0.25, -0.2) is 0 Å². The van der Waals surface area contributed by atoms with Crippen molar-refractivity contribution >= 4 is 23.5 Å². The molecule has 0 spiro atoms. The number of phenols is 1. The number of phenolic OH excluding ortho intramolecular Hbond substituents is 1. The van der Waals surface area contributed by atoms with Crippen LogP contribution in [0.25, 0.3) is 0 Å². The summed E-state index contributed by atoms with van der Waals surface area (Å²) >= 11 is 5.01. The van der Waals surface area contributed by atoms with E-state index in [1.165, 1.54) is 0 Å². The number of hydrazone groups is 1. The van der Waals surface area contributed by atoms with Gasteiger partial charge < -0.3 is 15.2 Å². The molecule has 5 nitrogen and oxygen atoms in total. The van der Waals surface area contributed by atoms with Crippen LogP contribution in [0.3, 0.4) is 0 Å². The lowest BCUT2D eigenvalue weighted by Gasteiger charge is -2.11. The molecule has 0 unspecified atom stereocenters. The fourth-order valence-electron chi connectivity index (χ4n) is 1.71. The normalized spacial score (nSPS) is 10.4. The van der Waals surface area contributed by atoms with Crippen molar-refractivity contribution in [3.8, 4) is 11.5 Å². The largest absolute Gasteiger partial charge is 0.504 e. The van der Waals surface area contributed by atoms with Crippen molar-refractivity contribution in [3.63, 3.8) is 0 Å². The molecule has 0 amide bonds. The van der Waals surface area contributed by atoms with E-state index in [2.05, 4.69) is 22.4 Å². The fourth-order valence-corrected chi connectivity index (χ4v) is 1.90. The number of allylic oxidation sites excluding steroid dienone is 1. The topological polar surface area (TPSA) is 65.9 Å². The van der Waals surface area contributed by atoms with Crippen molar-refractivity contribution in [2.24, 2.45) is 5.10 Å². The van der Waals surface area contributed by atoms with Gasteiger partial charge in [0.2, 0.25) is 0 Å². The second kappa shape index (κ2) is 8.97. The lowest BCUT2D eigenvalue weighted by Crippen LogP contribution is -2.31. The second-order valence-electron chi connectivity index (χ2n) is 4.18. The van der Waals surface area contributed by atoms with Gasteiger partial charge in [0.1, 0.15) is 0 Å². The van der Waals surface area contributed by atoms with E-state index in [9.17, 15) is 5.11 Å². The lowest BCUT2D eigenvalue weighted by molar-refractivity contribution is 0.317. The summed E-state index contributed by atoms with van der Waals surface area (Å²) in [7, 11) is 0. The summed E-state index contributed by atoms with van der Waals surface area (Å²) in [6.07, 6.45) is 3.90. The van der Waals surface area contributed by atoms with E-state index >= 15 is 0 Å². The summed E-state index contributed by atoms with van der Waals surface area (Å²) in [5, 5.41) is 17.5. The third-order valence-corrected chi connectivity index (χ3v) is 2.79. The van der Waals surface area contributed by atoms with Gasteiger partial charge in [0.05, 0.1) is 12.8 Å². The number of ether oxygens (including phenoxy) is 1. The van der Waals surface area contributed by atoms with Crippen LogP contribution in [-0.4, -0.2) is 29.6 Å². The summed E-state index contributed by atoms with van der Waals surface area (Å²) in [5.74, 6) is 0.581. The zero-order chi connectivity index (χ0) is 15.7. The molecule has 0 atom stereocenters. The second-order valence-corrected chi connectivity index (χ2v) is 4.59. The molecule has 0 heterocycles. The molecule has 6 heteroatoms. The number of aromatic hydroxyl groups is 1. The maximum atomic E-state index is 10.1. The predicted octanol–water partition coefficient (Wildman–Crippen LogP) is 2.34. The molecule has 0 aliphatic carbocycles. The maximum Gasteiger partial charge on any atom is 0.186 e. The third-order valence-electron chi connectivity index (χ3n) is 2.56. The van der Waals surface area contributed by atoms with E-state index in [0.717, 1.165) is 17.7 Å². The highest BCUT2D eigenvalue weighted by atomic mass is 32.1. The van der Waals surface area contributed by atoms with Crippen LogP contribution in [0.4, 0.5) is 0 Å². The van der Waals surface area contributed by atoms with Crippen LogP contribution in [-0.2, 0) is 6.42 Å². The highest BCUT2D eigenvalue weighted by Gasteiger charge is 2.09. The number of benzene rings is 1. The van der Waals surface area contributed by atoms with E-state index < -0.39 is 0 Å². The van der Waals surface area contributed by atoms with E-state index in [1.807, 2.05) is 19.9 Å². The van der Waals surface area contributed by atoms with E-state index in [0.29, 0.717) is 23.9 Å². The Hall–Kier alpha value is -2.08. The minimum Gasteiger partial charge on any atom is -0.504 e. The van der Waals surface area contributed by atoms with Gasteiger partial charge in [0.25, 0.3) is 0 Å². The maximum absolute atomic E-state index is 10.1. The Labute approximate surface area is 130 Å². The highest BCUT2D eigenvalue weighted by molar-refractivity contribution is 7.80. The van der Waals surface area contributed by atoms with Crippen molar-refractivity contribution in [2.45, 2.75) is 20.3 Å². The molecule has 1 aromatic carbocycles. The van der Waals surface area contributed by atoms with E-state index in [4.69, 9.17) is 17.0 Å². The quantitative estimate of drug-likeness (QED) is 0.312. The molecule has 0 fully saturated rings. The molecule has 0 saturated carbocycles. The first-order valence-corrected chi connectivity index (χ1v) is 7.19. The summed E-state index contributed by atoms with van der Waals surface area (Å²) in [5.41, 5.74) is 4.26. The molecule has 1 rings (SSSR count). The van der Waals surface area contributed by atoms with Gasteiger partial charge in [0.15, 0.2) is 16.6 Å². The van der Waals surface area contributed by atoms with Crippen molar-refractivity contribution in [3.05, 3.63) is 35.9 Å². The van der Waals surface area contributed by atoms with Crippen LogP contribution in [0.1, 0.15) is 25.0 Å². The van der Waals surface area contributed by atoms with Crippen LogP contribution in [0.15, 0.2) is 29.9 Å². The Morgan fingerprint density at radius 3 is 2.86 bits per heavy atom. The molecule has 1 aromatic rings. The van der Waals surface area contributed by atoms with Gasteiger partial charge in [-0.1, -0.05) is 6.08 Å². The Morgan fingerprint density at radius 2 is 2.24 bits per heavy atom. The minimum atomic E-state index is 0.144. The Balaban J connectivity index is 2.92. The molecular weight excluding hydrogens is 286 g/mol. The number of rotatable bonds is 7. The Bertz CT molecular complexity index is 530. The number of hydrogen-bond acceptors (Lipinski definition) is 4. The molecule has 0 radical (unpaired) electrons. The molecule has 3 N–H and O–H groups in total. The van der Waals surface area contributed by atoms with Crippen LogP contribution in [0.2, 0.25) is 0 Å². The van der Waals surface area contributed by atoms with E-state index in [-0.39, 0.29) is 5.75 Å². The standard InChI is InChI=1S/C15H21N3O2S/c1-4-7-12-8-11(9-13(14(12)19)20-6-3)10-17-18-15(21)16-5-2/h4,8-10,19H,1,5-7H2,2-3H3,(H2,16,18,21)/b17-10+. The molecule has 114 valence electrons. The lowest BCUT2D eigenvalue weighted by atomic mass is 10.1. The third kappa shape index (κ3) is 5.43. The van der Waals surface area contributed by atoms with Crippen LogP contribution in [0, 0.1) is 0 Å². The number of nitrogens with zero attached hydrogens (tertiary/aromatic N) is 1. The number of thiocarbonyl (C=S) groups is 1. The number of nitrogens with one attached hydrogen (secondary N) is 2. The molecule has 0 aliphatic heterocycles. The first-order chi connectivity index (χ1) is 10.1. The summed E-state index contributed by atoms with van der Waals surface area (Å²) in [6.45, 7) is 8.71. The van der Waals surface area contributed by atoms with Gasteiger partial charge in [-0.3, -0.25) is 5.43 Å². The summed E-state index contributed by atoms with van der Waals surface area (Å²) in [6, 6.07) is 3.56. The summed E-state index contributed by atoms with van der Waals surface area (Å²) in [4.78, 5) is 0. The smallest absolute Gasteiger partial charge is 0.186 e. The molecule has 21 heavy (non-hydrogen) atoms. The van der Waals surface area contributed by atoms with Crippen molar-refractivity contribution in [1.82, 2.24) is 10.7 Å². The fraction of sp³-hybridized carbons (Fsp3) is 0.333. The SMILES string of the molecule is C=CCc1cc(/C=N/NC(=S)NCC)cc(OCC)c1O. The van der Waals surface area contributed by atoms with Crippen molar-refractivity contribution in [2.75, 3.05) is 13.2 Å². The first kappa shape index (κ1) is 17.0. The predicted molar refractivity (Wildman–Crippen MR) is 90.2 cm³/mol. The zero-order valence-electron chi connectivity index (χ0n) is 12.3. The van der Waals surface area contributed by atoms with Crippen LogP contribution < -0.4 is 15.5 Å². The molecule has 0 saturated heterocycles. The number of hydrogen-bond donors (Lipinski definition) is 3. The van der Waals surface area contributed by atoms with Gasteiger partial charge in [-0.05, 0) is 50.2 Å². The average molecular weight is 307 g/mol. The Morgan fingerprint density at radius 1 is 1.48 bits per heavy atom.